The molecule has 0 aliphatic heterocycles. The number of benzene rings is 1. The van der Waals surface area contributed by atoms with Gasteiger partial charge in [0.1, 0.15) is 0 Å². The maximum Gasteiger partial charge on any atom is 0.224 e. The molecule has 1 aliphatic rings. The van der Waals surface area contributed by atoms with Crippen LogP contribution in [-0.2, 0) is 4.79 Å². The fourth-order valence-corrected chi connectivity index (χ4v) is 2.78. The molecule has 1 amide bonds. The zero-order chi connectivity index (χ0) is 13.8. The molecule has 1 fully saturated rings. The van der Waals surface area contributed by atoms with Gasteiger partial charge in [-0.1, -0.05) is 43.7 Å². The fraction of sp³-hybridized carbons (Fsp3) is 0.562. The maximum atomic E-state index is 12.1. The van der Waals surface area contributed by atoms with Gasteiger partial charge in [0.2, 0.25) is 5.91 Å². The number of amides is 1. The number of nitrogens with two attached hydrogens (primary N) is 1. The van der Waals surface area contributed by atoms with Gasteiger partial charge >= 0.3 is 0 Å². The van der Waals surface area contributed by atoms with Gasteiger partial charge in [-0.2, -0.15) is 0 Å². The van der Waals surface area contributed by atoms with Crippen molar-refractivity contribution in [3.05, 3.63) is 35.9 Å². The van der Waals surface area contributed by atoms with Crippen LogP contribution in [0, 0.1) is 5.92 Å². The number of carbonyl (C=O) groups is 1. The average molecular weight is 260 g/mol. The third kappa shape index (κ3) is 3.35. The zero-order valence-corrected chi connectivity index (χ0v) is 11.8. The quantitative estimate of drug-likeness (QED) is 0.873. The van der Waals surface area contributed by atoms with Crippen LogP contribution in [0.5, 0.6) is 0 Å². The molecule has 2 rings (SSSR count). The van der Waals surface area contributed by atoms with E-state index in [2.05, 4.69) is 29.6 Å². The first-order valence-electron chi connectivity index (χ1n) is 7.20. The molecule has 1 aromatic carbocycles. The molecule has 1 aromatic rings. The van der Waals surface area contributed by atoms with Crippen molar-refractivity contribution in [2.24, 2.45) is 11.7 Å². The van der Waals surface area contributed by atoms with E-state index >= 15 is 0 Å². The van der Waals surface area contributed by atoms with Gasteiger partial charge in [0.05, 0.1) is 0 Å². The van der Waals surface area contributed by atoms with Gasteiger partial charge in [-0.05, 0) is 25.3 Å². The normalized spacial score (nSPS) is 25.8. The van der Waals surface area contributed by atoms with E-state index in [-0.39, 0.29) is 23.9 Å². The smallest absolute Gasteiger partial charge is 0.224 e. The Balaban J connectivity index is 2.02. The number of nitrogens with one attached hydrogen (secondary N) is 1. The van der Waals surface area contributed by atoms with Gasteiger partial charge in [-0.15, -0.1) is 0 Å². The van der Waals surface area contributed by atoms with E-state index in [4.69, 9.17) is 5.73 Å². The third-order valence-electron chi connectivity index (χ3n) is 4.27. The van der Waals surface area contributed by atoms with Gasteiger partial charge < -0.3 is 11.1 Å². The minimum Gasteiger partial charge on any atom is -0.352 e. The molecule has 0 saturated heterocycles. The largest absolute Gasteiger partial charge is 0.352 e. The highest BCUT2D eigenvalue weighted by Crippen LogP contribution is 2.34. The summed E-state index contributed by atoms with van der Waals surface area (Å²) in [4.78, 5) is 12.1. The second-order valence-corrected chi connectivity index (χ2v) is 5.71. The Bertz CT molecular complexity index is 416. The highest BCUT2D eigenvalue weighted by Gasteiger charge is 2.31. The number of hydrogen-bond donors (Lipinski definition) is 2. The standard InChI is InChI=1S/C16H24N2O/c1-11(12(2)17)16(19)18-15-10-6-9-14(15)13-7-4-3-5-8-13/h3-5,7-8,11-12,14-15H,6,9-10,17H2,1-2H3,(H,18,19). The first kappa shape index (κ1) is 14.1. The summed E-state index contributed by atoms with van der Waals surface area (Å²) in [5.74, 6) is 0.408. The van der Waals surface area contributed by atoms with Crippen LogP contribution in [0.4, 0.5) is 0 Å². The third-order valence-corrected chi connectivity index (χ3v) is 4.27. The second-order valence-electron chi connectivity index (χ2n) is 5.71. The summed E-state index contributed by atoms with van der Waals surface area (Å²) in [6.07, 6.45) is 3.40. The van der Waals surface area contributed by atoms with Crippen LogP contribution in [0.3, 0.4) is 0 Å². The molecule has 4 unspecified atom stereocenters. The van der Waals surface area contributed by atoms with E-state index in [0.29, 0.717) is 5.92 Å². The Morgan fingerprint density at radius 1 is 1.26 bits per heavy atom. The molecule has 0 aromatic heterocycles. The summed E-state index contributed by atoms with van der Waals surface area (Å²) in [6, 6.07) is 10.6. The van der Waals surface area contributed by atoms with Crippen molar-refractivity contribution in [2.45, 2.75) is 51.1 Å². The first-order valence-corrected chi connectivity index (χ1v) is 7.20. The van der Waals surface area contributed by atoms with Crippen LogP contribution in [-0.4, -0.2) is 18.0 Å². The van der Waals surface area contributed by atoms with Gasteiger partial charge in [0.15, 0.2) is 0 Å². The second kappa shape index (κ2) is 6.20. The zero-order valence-electron chi connectivity index (χ0n) is 11.8. The van der Waals surface area contributed by atoms with Gasteiger partial charge in [-0.25, -0.2) is 0 Å². The fourth-order valence-electron chi connectivity index (χ4n) is 2.78. The van der Waals surface area contributed by atoms with Crippen molar-refractivity contribution in [1.82, 2.24) is 5.32 Å². The lowest BCUT2D eigenvalue weighted by Gasteiger charge is -2.24. The van der Waals surface area contributed by atoms with E-state index < -0.39 is 0 Å². The molecule has 104 valence electrons. The van der Waals surface area contributed by atoms with Crippen LogP contribution in [0.25, 0.3) is 0 Å². The van der Waals surface area contributed by atoms with Crippen LogP contribution >= 0.6 is 0 Å². The number of carbonyl (C=O) groups excluding carboxylic acids is 1. The molecular formula is C16H24N2O. The van der Waals surface area contributed by atoms with Crippen molar-refractivity contribution in [3.8, 4) is 0 Å². The van der Waals surface area contributed by atoms with Crippen molar-refractivity contribution < 1.29 is 4.79 Å². The molecule has 4 atom stereocenters. The van der Waals surface area contributed by atoms with Crippen LogP contribution in [0.15, 0.2) is 30.3 Å². The Kier molecular flexibility index (Phi) is 4.59. The summed E-state index contributed by atoms with van der Waals surface area (Å²) in [5, 5.41) is 3.19. The highest BCUT2D eigenvalue weighted by molar-refractivity contribution is 5.79. The lowest BCUT2D eigenvalue weighted by atomic mass is 9.93. The number of hydrogen-bond acceptors (Lipinski definition) is 2. The van der Waals surface area contributed by atoms with E-state index in [9.17, 15) is 4.79 Å². The van der Waals surface area contributed by atoms with Crippen molar-refractivity contribution in [1.29, 1.82) is 0 Å². The van der Waals surface area contributed by atoms with E-state index in [1.165, 1.54) is 12.0 Å². The summed E-state index contributed by atoms with van der Waals surface area (Å²) in [7, 11) is 0. The van der Waals surface area contributed by atoms with Crippen LogP contribution in [0.2, 0.25) is 0 Å². The molecule has 3 nitrogen and oxygen atoms in total. The predicted molar refractivity (Wildman–Crippen MR) is 77.8 cm³/mol. The highest BCUT2D eigenvalue weighted by atomic mass is 16.2. The molecule has 1 aliphatic carbocycles. The molecule has 3 heteroatoms. The molecular weight excluding hydrogens is 236 g/mol. The lowest BCUT2D eigenvalue weighted by Crippen LogP contribution is -2.44. The van der Waals surface area contributed by atoms with Gasteiger partial charge in [-0.3, -0.25) is 4.79 Å². The Morgan fingerprint density at radius 3 is 2.58 bits per heavy atom. The minimum absolute atomic E-state index is 0.0860. The maximum absolute atomic E-state index is 12.1. The summed E-state index contributed by atoms with van der Waals surface area (Å²) in [6.45, 7) is 3.78. The Labute approximate surface area is 115 Å². The predicted octanol–water partition coefficient (Wildman–Crippen LogP) is 2.42. The molecule has 0 radical (unpaired) electrons. The lowest BCUT2D eigenvalue weighted by molar-refractivity contribution is -0.125. The summed E-state index contributed by atoms with van der Waals surface area (Å²) >= 11 is 0. The Morgan fingerprint density at radius 2 is 1.95 bits per heavy atom. The molecule has 0 bridgehead atoms. The SMILES string of the molecule is CC(N)C(C)C(=O)NC1CCCC1c1ccccc1. The molecule has 0 heterocycles. The molecule has 3 N–H and O–H groups in total. The van der Waals surface area contributed by atoms with Crippen molar-refractivity contribution >= 4 is 5.91 Å². The van der Waals surface area contributed by atoms with Crippen molar-refractivity contribution in [3.63, 3.8) is 0 Å². The monoisotopic (exact) mass is 260 g/mol. The van der Waals surface area contributed by atoms with Crippen molar-refractivity contribution in [2.75, 3.05) is 0 Å². The summed E-state index contributed by atoms with van der Waals surface area (Å²) in [5.41, 5.74) is 7.13. The van der Waals surface area contributed by atoms with Gasteiger partial charge in [0, 0.05) is 23.9 Å². The number of rotatable bonds is 4. The minimum atomic E-state index is -0.128. The van der Waals surface area contributed by atoms with E-state index in [0.717, 1.165) is 12.8 Å². The molecule has 19 heavy (non-hydrogen) atoms. The first-order chi connectivity index (χ1) is 9.09. The van der Waals surface area contributed by atoms with E-state index in [1.54, 1.807) is 0 Å². The average Bonchev–Trinajstić information content (AvgIpc) is 2.86. The summed E-state index contributed by atoms with van der Waals surface area (Å²) < 4.78 is 0. The van der Waals surface area contributed by atoms with Crippen LogP contribution in [0.1, 0.15) is 44.6 Å². The topological polar surface area (TPSA) is 55.1 Å². The Hall–Kier alpha value is -1.35. The van der Waals surface area contributed by atoms with Gasteiger partial charge in [0.25, 0.3) is 0 Å². The van der Waals surface area contributed by atoms with E-state index in [1.807, 2.05) is 19.9 Å². The molecule has 1 saturated carbocycles. The molecule has 0 spiro atoms. The van der Waals surface area contributed by atoms with Crippen LogP contribution < -0.4 is 11.1 Å².